The van der Waals surface area contributed by atoms with E-state index in [-0.39, 0.29) is 5.34 Å². The van der Waals surface area contributed by atoms with E-state index in [1.165, 1.54) is 0 Å². The van der Waals surface area contributed by atoms with Gasteiger partial charge in [0, 0.05) is 6.54 Å². The maximum Gasteiger partial charge on any atom is 0.0967 e. The number of alkyl halides is 2. The average Bonchev–Trinajstić information content (AvgIpc) is 1.71. The summed E-state index contributed by atoms with van der Waals surface area (Å²) in [7, 11) is 0. The second kappa shape index (κ2) is 15.8. The molecular formula is C4H8Cl2N2. The number of aliphatic imine (C=N–C) groups is 1. The van der Waals surface area contributed by atoms with Crippen LogP contribution in [0.1, 0.15) is 6.92 Å². The Morgan fingerprint density at radius 3 is 2.00 bits per heavy atom. The van der Waals surface area contributed by atoms with E-state index < -0.39 is 0 Å². The van der Waals surface area contributed by atoms with Crippen LogP contribution in [0.3, 0.4) is 0 Å². The van der Waals surface area contributed by atoms with Gasteiger partial charge in [-0.05, 0) is 6.92 Å². The third kappa shape index (κ3) is 38.2. The maximum absolute atomic E-state index is 6.19. The zero-order chi connectivity index (χ0) is 6.83. The monoisotopic (exact) mass is 154 g/mol. The normalized spacial score (nSPS) is 5.88. The number of nitrogens with zero attached hydrogens (tertiary/aromatic N) is 1. The van der Waals surface area contributed by atoms with Crippen LogP contribution in [0.4, 0.5) is 0 Å². The highest BCUT2D eigenvalue weighted by atomic mass is 35.5. The highest BCUT2D eigenvalue weighted by Gasteiger charge is 1.49. The van der Waals surface area contributed by atoms with Gasteiger partial charge in [0.25, 0.3) is 0 Å². The van der Waals surface area contributed by atoms with Crippen molar-refractivity contribution in [1.82, 2.24) is 0 Å². The summed E-state index contributed by atoms with van der Waals surface area (Å²) in [6, 6.07) is 1.89. The Hall–Kier alpha value is -0.0400. The van der Waals surface area contributed by atoms with Gasteiger partial charge < -0.3 is 0 Å². The molecule has 8 heavy (non-hydrogen) atoms. The fourth-order valence-electron chi connectivity index (χ4n) is 0.0791. The molecule has 2 nitrogen and oxygen atoms in total. The number of hydrogen-bond acceptors (Lipinski definition) is 2. The maximum atomic E-state index is 6.19. The quantitative estimate of drug-likeness (QED) is 0.445. The summed E-state index contributed by atoms with van der Waals surface area (Å²) in [6.45, 7) is 2.53. The molecule has 48 valence electrons. The fraction of sp³-hybridized carbons (Fsp3) is 0.750. The molecular weight excluding hydrogens is 147 g/mol. The van der Waals surface area contributed by atoms with E-state index in [0.29, 0.717) is 6.54 Å². The Morgan fingerprint density at radius 2 is 2.00 bits per heavy atom. The molecule has 0 radical (unpaired) electrons. The van der Waals surface area contributed by atoms with Crippen LogP contribution in [0.15, 0.2) is 4.99 Å². The molecule has 0 spiro atoms. The zero-order valence-corrected chi connectivity index (χ0v) is 6.13. The summed E-state index contributed by atoms with van der Waals surface area (Å²) >= 11 is 9.53. The summed E-state index contributed by atoms with van der Waals surface area (Å²) in [4.78, 5) is 3.39. The van der Waals surface area contributed by atoms with Gasteiger partial charge in [-0.15, -0.1) is 23.2 Å². The van der Waals surface area contributed by atoms with Gasteiger partial charge in [0.15, 0.2) is 0 Å². The van der Waals surface area contributed by atoms with Crippen molar-refractivity contribution in [1.29, 1.82) is 5.41 Å². The molecule has 0 heterocycles. The first-order chi connectivity index (χ1) is 3.83. The first-order valence-electron chi connectivity index (χ1n) is 2.03. The Bertz CT molecular complexity index is 68.4. The van der Waals surface area contributed by atoms with Crippen molar-refractivity contribution >= 4 is 29.2 Å². The molecule has 0 rings (SSSR count). The minimum absolute atomic E-state index is 0.194. The molecule has 1 N–H and O–H groups in total. The molecule has 0 aromatic heterocycles. The van der Waals surface area contributed by atoms with Crippen LogP contribution >= 0.6 is 23.2 Å². The minimum Gasteiger partial charge on any atom is -0.242 e. The molecule has 0 saturated carbocycles. The molecule has 0 unspecified atom stereocenters. The van der Waals surface area contributed by atoms with Gasteiger partial charge in [-0.3, -0.25) is 0 Å². The summed E-state index contributed by atoms with van der Waals surface area (Å²) in [6.07, 6.45) is 0. The minimum atomic E-state index is 0.194. The van der Waals surface area contributed by atoms with E-state index in [1.54, 1.807) is 0 Å². The fourth-order valence-corrected chi connectivity index (χ4v) is 0.0791. The van der Waals surface area contributed by atoms with Crippen molar-refractivity contribution < 1.29 is 0 Å². The Balaban J connectivity index is 0. The van der Waals surface area contributed by atoms with Crippen LogP contribution in [0.5, 0.6) is 0 Å². The van der Waals surface area contributed by atoms with E-state index in [0.717, 1.165) is 0 Å². The van der Waals surface area contributed by atoms with Crippen molar-refractivity contribution in [2.75, 3.05) is 11.9 Å². The molecule has 0 aromatic rings. The summed E-state index contributed by atoms with van der Waals surface area (Å²) in [5, 5.41) is 6.38. The van der Waals surface area contributed by atoms with Gasteiger partial charge >= 0.3 is 0 Å². The lowest BCUT2D eigenvalue weighted by molar-refractivity contribution is 1.14. The molecule has 0 fully saturated rings. The van der Waals surface area contributed by atoms with Crippen molar-refractivity contribution in [3.05, 3.63) is 0 Å². The van der Waals surface area contributed by atoms with E-state index in [4.69, 9.17) is 28.6 Å². The number of halogens is 2. The molecule has 0 aliphatic carbocycles. The number of rotatable bonds is 1. The topological polar surface area (TPSA) is 36.2 Å². The zero-order valence-electron chi connectivity index (χ0n) is 4.62. The van der Waals surface area contributed by atoms with Gasteiger partial charge in [0.05, 0.1) is 11.3 Å². The summed E-state index contributed by atoms with van der Waals surface area (Å²) in [5.41, 5.74) is 0. The predicted molar refractivity (Wildman–Crippen MR) is 37.3 cm³/mol. The molecule has 4 heteroatoms. The van der Waals surface area contributed by atoms with Gasteiger partial charge in [-0.1, -0.05) is 0 Å². The highest BCUT2D eigenvalue weighted by Crippen LogP contribution is 1.73. The van der Waals surface area contributed by atoms with E-state index in [1.807, 2.05) is 12.9 Å². The van der Waals surface area contributed by atoms with E-state index >= 15 is 0 Å². The number of hydrogen-bond donors (Lipinski definition) is 1. The Kier molecular flexibility index (Phi) is 21.4. The lowest BCUT2D eigenvalue weighted by Gasteiger charge is -1.60. The van der Waals surface area contributed by atoms with Crippen LogP contribution in [-0.4, -0.2) is 17.9 Å². The van der Waals surface area contributed by atoms with Gasteiger partial charge in [0.1, 0.15) is 0 Å². The molecule has 0 amide bonds. The van der Waals surface area contributed by atoms with Crippen LogP contribution in [0, 0.1) is 5.41 Å². The van der Waals surface area contributed by atoms with Crippen LogP contribution in [-0.2, 0) is 0 Å². The molecule has 0 aromatic carbocycles. The largest absolute Gasteiger partial charge is 0.242 e. The van der Waals surface area contributed by atoms with Crippen molar-refractivity contribution in [3.63, 3.8) is 0 Å². The van der Waals surface area contributed by atoms with Crippen LogP contribution < -0.4 is 0 Å². The van der Waals surface area contributed by atoms with Crippen molar-refractivity contribution in [3.8, 4) is 0 Å². The van der Waals surface area contributed by atoms with E-state index in [2.05, 4.69) is 4.99 Å². The lowest BCUT2D eigenvalue weighted by Crippen LogP contribution is -1.58. The smallest absolute Gasteiger partial charge is 0.0967 e. The van der Waals surface area contributed by atoms with Crippen LogP contribution in [0.25, 0.3) is 0 Å². The molecule has 0 atom stereocenters. The third-order valence-electron chi connectivity index (χ3n) is 0.237. The first kappa shape index (κ1) is 10.9. The van der Waals surface area contributed by atoms with Gasteiger partial charge in [-0.2, -0.15) is 0 Å². The molecule has 0 aliphatic rings. The van der Waals surface area contributed by atoms with Crippen molar-refractivity contribution in [2.45, 2.75) is 6.92 Å². The highest BCUT2D eigenvalue weighted by molar-refractivity contribution is 6.40. The lowest BCUT2D eigenvalue weighted by atomic mass is 10.8. The van der Waals surface area contributed by atoms with Crippen molar-refractivity contribution in [2.24, 2.45) is 4.99 Å². The average molecular weight is 155 g/mol. The molecule has 0 bridgehead atoms. The van der Waals surface area contributed by atoms with E-state index in [9.17, 15) is 0 Å². The standard InChI is InChI=1S/C3H6N2.CH2Cl2/c1-2-5-3-4;2-1-3/h4H,2H2,1H3;1H2. The SMILES string of the molecule is CCN=C=N.ClCCl. The van der Waals surface area contributed by atoms with Gasteiger partial charge in [-0.25, -0.2) is 10.4 Å². The summed E-state index contributed by atoms with van der Waals surface area (Å²) < 4.78 is 0. The Labute approximate surface area is 59.0 Å². The summed E-state index contributed by atoms with van der Waals surface area (Å²) in [5.74, 6) is 0. The molecule has 0 aliphatic heterocycles. The van der Waals surface area contributed by atoms with Gasteiger partial charge in [0.2, 0.25) is 0 Å². The third-order valence-corrected chi connectivity index (χ3v) is 0.237. The second-order valence-electron chi connectivity index (χ2n) is 0.687. The second-order valence-corrected chi connectivity index (χ2v) is 1.50. The molecule has 0 saturated heterocycles. The first-order valence-corrected chi connectivity index (χ1v) is 3.10. The number of nitrogens with one attached hydrogen (secondary N) is 1. The van der Waals surface area contributed by atoms with Crippen LogP contribution in [0.2, 0.25) is 0 Å². The Morgan fingerprint density at radius 1 is 1.62 bits per heavy atom. The predicted octanol–water partition coefficient (Wildman–Crippen LogP) is 2.18.